The molecule has 0 saturated heterocycles. The summed E-state index contributed by atoms with van der Waals surface area (Å²) < 4.78 is 0. The largest absolute Gasteiger partial charge is 0.339 e. The normalized spacial score (nSPS) is 9.94. The number of nitrogens with zero attached hydrogens (tertiary/aromatic N) is 1. The number of carbonyl (C=O) groups is 2. The van der Waals surface area contributed by atoms with Crippen LogP contribution in [0, 0.1) is 0 Å². The number of rotatable bonds is 5. The molecule has 1 aromatic rings. The highest BCUT2D eigenvalue weighted by Gasteiger charge is 2.12. The number of anilines is 1. The van der Waals surface area contributed by atoms with Gasteiger partial charge in [0.15, 0.2) is 0 Å². The van der Waals surface area contributed by atoms with E-state index in [2.05, 4.69) is 21.2 Å². The highest BCUT2D eigenvalue weighted by molar-refractivity contribution is 9.09. The molecular weight excluding hydrogens is 296 g/mol. The van der Waals surface area contributed by atoms with Gasteiger partial charge in [-0.25, -0.2) is 0 Å². The number of nitrogens with one attached hydrogen (secondary N) is 1. The van der Waals surface area contributed by atoms with E-state index in [0.717, 1.165) is 0 Å². The van der Waals surface area contributed by atoms with Gasteiger partial charge in [0.2, 0.25) is 5.91 Å². The van der Waals surface area contributed by atoms with Crippen molar-refractivity contribution in [1.82, 2.24) is 4.90 Å². The van der Waals surface area contributed by atoms with Crippen molar-refractivity contribution >= 4 is 33.4 Å². The van der Waals surface area contributed by atoms with Gasteiger partial charge in [-0.15, -0.1) is 0 Å². The second-order valence-corrected chi connectivity index (χ2v) is 4.30. The van der Waals surface area contributed by atoms with Crippen LogP contribution < -0.4 is 5.32 Å². The third-order valence-electron chi connectivity index (χ3n) is 2.57. The first kappa shape index (κ1) is 14.7. The minimum atomic E-state index is -0.137. The Morgan fingerprint density at radius 1 is 1.28 bits per heavy atom. The van der Waals surface area contributed by atoms with E-state index in [1.807, 2.05) is 13.8 Å². The van der Waals surface area contributed by atoms with Crippen molar-refractivity contribution in [3.8, 4) is 0 Å². The molecule has 0 atom stereocenters. The first-order valence-corrected chi connectivity index (χ1v) is 6.99. The smallest absolute Gasteiger partial charge is 0.253 e. The lowest BCUT2D eigenvalue weighted by atomic mass is 10.1. The zero-order valence-corrected chi connectivity index (χ0v) is 12.2. The molecule has 0 aliphatic heterocycles. The average molecular weight is 313 g/mol. The average Bonchev–Trinajstić information content (AvgIpc) is 2.40. The molecule has 0 radical (unpaired) electrons. The van der Waals surface area contributed by atoms with Crippen molar-refractivity contribution in [3.05, 3.63) is 29.8 Å². The monoisotopic (exact) mass is 312 g/mol. The van der Waals surface area contributed by atoms with Crippen LogP contribution in [0.15, 0.2) is 24.3 Å². The van der Waals surface area contributed by atoms with Gasteiger partial charge in [0.1, 0.15) is 0 Å². The van der Waals surface area contributed by atoms with Gasteiger partial charge in [-0.3, -0.25) is 9.59 Å². The van der Waals surface area contributed by atoms with E-state index in [-0.39, 0.29) is 17.1 Å². The summed E-state index contributed by atoms with van der Waals surface area (Å²) in [4.78, 5) is 25.1. The summed E-state index contributed by atoms with van der Waals surface area (Å²) in [6.45, 7) is 5.23. The molecule has 4 nitrogen and oxygen atoms in total. The number of alkyl halides is 1. The summed E-state index contributed by atoms with van der Waals surface area (Å²) in [5.41, 5.74) is 1.23. The maximum atomic E-state index is 12.1. The van der Waals surface area contributed by atoms with Crippen molar-refractivity contribution < 1.29 is 9.59 Å². The molecule has 1 N–H and O–H groups in total. The standard InChI is InChI=1S/C13H17BrN2O2/c1-3-16(4-2)13(18)10-6-5-7-11(8-10)15-12(17)9-14/h5-8H,3-4,9H2,1-2H3,(H,15,17). The molecule has 0 aliphatic carbocycles. The molecule has 0 unspecified atom stereocenters. The fraction of sp³-hybridized carbons (Fsp3) is 0.385. The van der Waals surface area contributed by atoms with Gasteiger partial charge in [-0.1, -0.05) is 22.0 Å². The van der Waals surface area contributed by atoms with E-state index in [9.17, 15) is 9.59 Å². The Bertz CT molecular complexity index is 431. The Morgan fingerprint density at radius 2 is 1.94 bits per heavy atom. The lowest BCUT2D eigenvalue weighted by molar-refractivity contribution is -0.113. The molecule has 2 amide bonds. The van der Waals surface area contributed by atoms with Crippen molar-refractivity contribution in [1.29, 1.82) is 0 Å². The third-order valence-corrected chi connectivity index (χ3v) is 3.07. The molecule has 0 aliphatic rings. The molecule has 18 heavy (non-hydrogen) atoms. The Labute approximate surface area is 115 Å². The van der Waals surface area contributed by atoms with Crippen LogP contribution in [-0.2, 0) is 4.79 Å². The van der Waals surface area contributed by atoms with E-state index >= 15 is 0 Å². The van der Waals surface area contributed by atoms with Gasteiger partial charge in [-0.05, 0) is 32.0 Å². The Hall–Kier alpha value is -1.36. The zero-order chi connectivity index (χ0) is 13.5. The predicted octanol–water partition coefficient (Wildman–Crippen LogP) is 2.50. The Balaban J connectivity index is 2.87. The van der Waals surface area contributed by atoms with Crippen LogP contribution in [0.4, 0.5) is 5.69 Å². The van der Waals surface area contributed by atoms with Crippen LogP contribution in [0.1, 0.15) is 24.2 Å². The van der Waals surface area contributed by atoms with Crippen molar-refractivity contribution in [2.24, 2.45) is 0 Å². The lowest BCUT2D eigenvalue weighted by Crippen LogP contribution is -2.30. The van der Waals surface area contributed by atoms with Gasteiger partial charge in [0.25, 0.3) is 5.91 Å². The second kappa shape index (κ2) is 7.16. The van der Waals surface area contributed by atoms with Crippen molar-refractivity contribution in [3.63, 3.8) is 0 Å². The number of hydrogen-bond acceptors (Lipinski definition) is 2. The molecule has 0 aromatic heterocycles. The van der Waals surface area contributed by atoms with Crippen molar-refractivity contribution in [2.75, 3.05) is 23.7 Å². The van der Waals surface area contributed by atoms with Crippen molar-refractivity contribution in [2.45, 2.75) is 13.8 Å². The first-order valence-electron chi connectivity index (χ1n) is 5.87. The van der Waals surface area contributed by atoms with Gasteiger partial charge in [0.05, 0.1) is 5.33 Å². The van der Waals surface area contributed by atoms with E-state index in [1.54, 1.807) is 29.2 Å². The maximum Gasteiger partial charge on any atom is 0.253 e. The van der Waals surface area contributed by atoms with Crippen LogP contribution in [0.25, 0.3) is 0 Å². The maximum absolute atomic E-state index is 12.1. The highest BCUT2D eigenvalue weighted by atomic mass is 79.9. The molecule has 0 spiro atoms. The SMILES string of the molecule is CCN(CC)C(=O)c1cccc(NC(=O)CBr)c1. The van der Waals surface area contributed by atoms with Gasteiger partial charge in [0, 0.05) is 24.3 Å². The number of carbonyl (C=O) groups excluding carboxylic acids is 2. The van der Waals surface area contributed by atoms with Gasteiger partial charge < -0.3 is 10.2 Å². The number of halogens is 1. The van der Waals surface area contributed by atoms with Gasteiger partial charge in [-0.2, -0.15) is 0 Å². The van der Waals surface area contributed by atoms with Crippen LogP contribution in [0.5, 0.6) is 0 Å². The number of benzene rings is 1. The molecule has 0 heterocycles. The summed E-state index contributed by atoms with van der Waals surface area (Å²) in [7, 11) is 0. The summed E-state index contributed by atoms with van der Waals surface area (Å²) in [6.07, 6.45) is 0. The summed E-state index contributed by atoms with van der Waals surface area (Å²) in [5.74, 6) is -0.155. The molecular formula is C13H17BrN2O2. The minimum absolute atomic E-state index is 0.0186. The molecule has 1 rings (SSSR count). The van der Waals surface area contributed by atoms with Crippen LogP contribution in [0.2, 0.25) is 0 Å². The van der Waals surface area contributed by atoms with Crippen LogP contribution >= 0.6 is 15.9 Å². The summed E-state index contributed by atoms with van der Waals surface area (Å²) in [5, 5.41) is 2.94. The highest BCUT2D eigenvalue weighted by Crippen LogP contribution is 2.13. The Morgan fingerprint density at radius 3 is 2.50 bits per heavy atom. The lowest BCUT2D eigenvalue weighted by Gasteiger charge is -2.18. The van der Waals surface area contributed by atoms with Gasteiger partial charge >= 0.3 is 0 Å². The van der Waals surface area contributed by atoms with Crippen LogP contribution in [-0.4, -0.2) is 35.1 Å². The zero-order valence-electron chi connectivity index (χ0n) is 10.6. The predicted molar refractivity (Wildman–Crippen MR) is 76.1 cm³/mol. The molecule has 0 fully saturated rings. The molecule has 1 aromatic carbocycles. The van der Waals surface area contributed by atoms with E-state index in [1.165, 1.54) is 0 Å². The Kier molecular flexibility index (Phi) is 5.85. The number of hydrogen-bond donors (Lipinski definition) is 1. The first-order chi connectivity index (χ1) is 8.62. The summed E-state index contributed by atoms with van der Waals surface area (Å²) in [6, 6.07) is 6.98. The van der Waals surface area contributed by atoms with E-state index in [0.29, 0.717) is 24.3 Å². The quantitative estimate of drug-likeness (QED) is 0.849. The molecule has 5 heteroatoms. The fourth-order valence-corrected chi connectivity index (χ4v) is 1.76. The topological polar surface area (TPSA) is 49.4 Å². The van der Waals surface area contributed by atoms with E-state index < -0.39 is 0 Å². The second-order valence-electron chi connectivity index (χ2n) is 3.74. The summed E-state index contributed by atoms with van der Waals surface area (Å²) >= 11 is 3.08. The molecule has 0 bridgehead atoms. The molecule has 98 valence electrons. The molecule has 0 saturated carbocycles. The minimum Gasteiger partial charge on any atom is -0.339 e. The third kappa shape index (κ3) is 3.84. The van der Waals surface area contributed by atoms with E-state index in [4.69, 9.17) is 0 Å². The van der Waals surface area contributed by atoms with Crippen LogP contribution in [0.3, 0.4) is 0 Å². The fourth-order valence-electron chi connectivity index (χ4n) is 1.62. The number of amides is 2.